The van der Waals surface area contributed by atoms with Gasteiger partial charge in [0.1, 0.15) is 0 Å². The van der Waals surface area contributed by atoms with Gasteiger partial charge < -0.3 is 10.0 Å². The quantitative estimate of drug-likeness (QED) is 0.670. The van der Waals surface area contributed by atoms with E-state index in [-0.39, 0.29) is 11.3 Å². The molecule has 1 aliphatic rings. The van der Waals surface area contributed by atoms with Crippen LogP contribution in [0.4, 0.5) is 11.4 Å². The first-order chi connectivity index (χ1) is 9.09. The highest BCUT2D eigenvalue weighted by Crippen LogP contribution is 2.28. The number of nitro benzene ring substituents is 1. The first-order valence-corrected chi connectivity index (χ1v) is 6.36. The lowest BCUT2D eigenvalue weighted by atomic mass is 10.1. The summed E-state index contributed by atoms with van der Waals surface area (Å²) in [5.74, 6) is -1.05. The normalized spacial score (nSPS) is 15.9. The second-order valence-corrected chi connectivity index (χ2v) is 4.66. The predicted octanol–water partition coefficient (Wildman–Crippen LogP) is 2.67. The van der Waals surface area contributed by atoms with E-state index < -0.39 is 10.9 Å². The SMILES string of the molecule is O=C(O)c1ccc([N+](=O)[O-])cc1N1CCCCCC1. The lowest BCUT2D eigenvalue weighted by Gasteiger charge is -2.24. The molecule has 1 aliphatic heterocycles. The van der Waals surface area contributed by atoms with Crippen molar-refractivity contribution in [3.8, 4) is 0 Å². The molecule has 1 saturated heterocycles. The molecule has 0 saturated carbocycles. The number of rotatable bonds is 3. The number of carbonyl (C=O) groups is 1. The third-order valence-electron chi connectivity index (χ3n) is 3.37. The van der Waals surface area contributed by atoms with Crippen LogP contribution in [0.15, 0.2) is 18.2 Å². The van der Waals surface area contributed by atoms with Crippen LogP contribution in [0.2, 0.25) is 0 Å². The van der Waals surface area contributed by atoms with Crippen LogP contribution in [-0.4, -0.2) is 29.1 Å². The minimum absolute atomic E-state index is 0.0655. The number of nitro groups is 1. The van der Waals surface area contributed by atoms with Crippen LogP contribution in [0.3, 0.4) is 0 Å². The van der Waals surface area contributed by atoms with E-state index in [2.05, 4.69) is 0 Å². The van der Waals surface area contributed by atoms with E-state index in [0.717, 1.165) is 38.8 Å². The molecular weight excluding hydrogens is 248 g/mol. The Hall–Kier alpha value is -2.11. The summed E-state index contributed by atoms with van der Waals surface area (Å²) in [6.45, 7) is 1.50. The molecule has 6 heteroatoms. The Bertz CT molecular complexity index is 493. The maximum absolute atomic E-state index is 11.2. The molecule has 0 radical (unpaired) electrons. The summed E-state index contributed by atoms with van der Waals surface area (Å²) in [7, 11) is 0. The molecule has 0 spiro atoms. The minimum Gasteiger partial charge on any atom is -0.478 e. The van der Waals surface area contributed by atoms with Crippen LogP contribution < -0.4 is 4.90 Å². The van der Waals surface area contributed by atoms with Gasteiger partial charge in [-0.2, -0.15) is 0 Å². The molecular formula is C13H16N2O4. The summed E-state index contributed by atoms with van der Waals surface area (Å²) in [5.41, 5.74) is 0.528. The molecule has 102 valence electrons. The van der Waals surface area contributed by atoms with Gasteiger partial charge >= 0.3 is 5.97 Å². The molecule has 0 atom stereocenters. The first kappa shape index (κ1) is 13.3. The van der Waals surface area contributed by atoms with Crippen LogP contribution in [0, 0.1) is 10.1 Å². The van der Waals surface area contributed by atoms with Crippen molar-refractivity contribution in [2.45, 2.75) is 25.7 Å². The van der Waals surface area contributed by atoms with Crippen molar-refractivity contribution in [2.75, 3.05) is 18.0 Å². The third-order valence-corrected chi connectivity index (χ3v) is 3.37. The third kappa shape index (κ3) is 3.01. The summed E-state index contributed by atoms with van der Waals surface area (Å²) in [6.07, 6.45) is 4.21. The van der Waals surface area contributed by atoms with Crippen LogP contribution in [0.1, 0.15) is 36.0 Å². The molecule has 0 aliphatic carbocycles. The van der Waals surface area contributed by atoms with Gasteiger partial charge in [0, 0.05) is 25.2 Å². The molecule has 1 fully saturated rings. The lowest BCUT2D eigenvalue weighted by molar-refractivity contribution is -0.384. The average Bonchev–Trinajstić information content (AvgIpc) is 2.66. The smallest absolute Gasteiger partial charge is 0.337 e. The van der Waals surface area contributed by atoms with Gasteiger partial charge in [-0.15, -0.1) is 0 Å². The summed E-state index contributed by atoms with van der Waals surface area (Å²) in [5, 5.41) is 20.0. The zero-order valence-corrected chi connectivity index (χ0v) is 10.5. The van der Waals surface area contributed by atoms with Crippen molar-refractivity contribution in [3.63, 3.8) is 0 Å². The molecule has 1 heterocycles. The molecule has 1 N–H and O–H groups in total. The number of nitrogens with zero attached hydrogens (tertiary/aromatic N) is 2. The second kappa shape index (κ2) is 5.69. The van der Waals surface area contributed by atoms with Crippen molar-refractivity contribution in [1.82, 2.24) is 0 Å². The first-order valence-electron chi connectivity index (χ1n) is 6.36. The fraction of sp³-hybridized carbons (Fsp3) is 0.462. The molecule has 0 amide bonds. The summed E-state index contributed by atoms with van der Waals surface area (Å²) < 4.78 is 0. The zero-order chi connectivity index (χ0) is 13.8. The lowest BCUT2D eigenvalue weighted by Crippen LogP contribution is -2.26. The molecule has 1 aromatic rings. The van der Waals surface area contributed by atoms with Gasteiger partial charge in [0.05, 0.1) is 16.2 Å². The number of hydrogen-bond donors (Lipinski definition) is 1. The van der Waals surface area contributed by atoms with E-state index in [4.69, 9.17) is 0 Å². The van der Waals surface area contributed by atoms with Gasteiger partial charge in [0.2, 0.25) is 0 Å². The van der Waals surface area contributed by atoms with Gasteiger partial charge in [0.15, 0.2) is 0 Å². The number of benzene rings is 1. The van der Waals surface area contributed by atoms with Crippen LogP contribution in [-0.2, 0) is 0 Å². The molecule has 2 rings (SSSR count). The van der Waals surface area contributed by atoms with E-state index in [1.54, 1.807) is 0 Å². The van der Waals surface area contributed by atoms with Crippen molar-refractivity contribution in [2.24, 2.45) is 0 Å². The van der Waals surface area contributed by atoms with E-state index in [1.165, 1.54) is 18.2 Å². The Balaban J connectivity index is 2.41. The Morgan fingerprint density at radius 1 is 1.21 bits per heavy atom. The Kier molecular flexibility index (Phi) is 3.99. The Morgan fingerprint density at radius 3 is 2.37 bits per heavy atom. The van der Waals surface area contributed by atoms with Crippen LogP contribution >= 0.6 is 0 Å². The number of hydrogen-bond acceptors (Lipinski definition) is 4. The average molecular weight is 264 g/mol. The maximum Gasteiger partial charge on any atom is 0.337 e. The highest BCUT2D eigenvalue weighted by atomic mass is 16.6. The number of carboxylic acid groups (broad SMARTS) is 1. The molecule has 0 aromatic heterocycles. The predicted molar refractivity (Wildman–Crippen MR) is 70.7 cm³/mol. The van der Waals surface area contributed by atoms with Crippen molar-refractivity contribution >= 4 is 17.3 Å². The molecule has 1 aromatic carbocycles. The second-order valence-electron chi connectivity index (χ2n) is 4.66. The number of anilines is 1. The number of carboxylic acids is 1. The number of non-ortho nitro benzene ring substituents is 1. The molecule has 19 heavy (non-hydrogen) atoms. The van der Waals surface area contributed by atoms with E-state index >= 15 is 0 Å². The van der Waals surface area contributed by atoms with E-state index in [0.29, 0.717) is 5.69 Å². The van der Waals surface area contributed by atoms with Crippen molar-refractivity contribution in [3.05, 3.63) is 33.9 Å². The fourth-order valence-electron chi connectivity index (χ4n) is 2.39. The van der Waals surface area contributed by atoms with Gasteiger partial charge in [-0.25, -0.2) is 4.79 Å². The molecule has 0 unspecified atom stereocenters. The zero-order valence-electron chi connectivity index (χ0n) is 10.5. The van der Waals surface area contributed by atoms with E-state index in [9.17, 15) is 20.0 Å². The van der Waals surface area contributed by atoms with Gasteiger partial charge in [0.25, 0.3) is 5.69 Å². The topological polar surface area (TPSA) is 83.7 Å². The largest absolute Gasteiger partial charge is 0.478 e. The number of aromatic carboxylic acids is 1. The van der Waals surface area contributed by atoms with Crippen LogP contribution in [0.5, 0.6) is 0 Å². The maximum atomic E-state index is 11.2. The van der Waals surface area contributed by atoms with Gasteiger partial charge in [-0.3, -0.25) is 10.1 Å². The Morgan fingerprint density at radius 2 is 1.84 bits per heavy atom. The highest BCUT2D eigenvalue weighted by molar-refractivity contribution is 5.95. The molecule has 6 nitrogen and oxygen atoms in total. The molecule has 0 bridgehead atoms. The van der Waals surface area contributed by atoms with E-state index in [1.807, 2.05) is 4.90 Å². The summed E-state index contributed by atoms with van der Waals surface area (Å²) in [6, 6.07) is 3.93. The minimum atomic E-state index is -1.05. The summed E-state index contributed by atoms with van der Waals surface area (Å²) >= 11 is 0. The van der Waals surface area contributed by atoms with Gasteiger partial charge in [-0.05, 0) is 18.9 Å². The standard InChI is InChI=1S/C13H16N2O4/c16-13(17)11-6-5-10(15(18)19)9-12(11)14-7-3-1-2-4-8-14/h5-6,9H,1-4,7-8H2,(H,16,17). The monoisotopic (exact) mass is 264 g/mol. The summed E-state index contributed by atoms with van der Waals surface area (Å²) in [4.78, 5) is 23.5. The van der Waals surface area contributed by atoms with Crippen molar-refractivity contribution in [1.29, 1.82) is 0 Å². The highest BCUT2D eigenvalue weighted by Gasteiger charge is 2.20. The van der Waals surface area contributed by atoms with Gasteiger partial charge in [-0.1, -0.05) is 12.8 Å². The Labute approximate surface area is 110 Å². The van der Waals surface area contributed by atoms with Crippen molar-refractivity contribution < 1.29 is 14.8 Å². The fourth-order valence-corrected chi connectivity index (χ4v) is 2.39. The van der Waals surface area contributed by atoms with Crippen LogP contribution in [0.25, 0.3) is 0 Å².